The van der Waals surface area contributed by atoms with E-state index < -0.39 is 5.82 Å². The average molecular weight is 279 g/mol. The topological polar surface area (TPSA) is 74.2 Å². The van der Waals surface area contributed by atoms with Crippen LogP contribution in [0.3, 0.4) is 0 Å². The zero-order valence-electron chi connectivity index (χ0n) is 11.4. The lowest BCUT2D eigenvalue weighted by Crippen LogP contribution is -2.30. The van der Waals surface area contributed by atoms with Gasteiger partial charge in [-0.2, -0.15) is 5.26 Å². The Morgan fingerprint density at radius 3 is 2.90 bits per heavy atom. The Morgan fingerprint density at radius 2 is 2.25 bits per heavy atom. The van der Waals surface area contributed by atoms with Crippen molar-refractivity contribution < 1.29 is 13.9 Å². The molecular weight excluding hydrogens is 261 g/mol. The van der Waals surface area contributed by atoms with Crippen LogP contribution in [0.25, 0.3) is 0 Å². The number of nitriles is 1. The minimum Gasteiger partial charge on any atom is -0.383 e. The van der Waals surface area contributed by atoms with E-state index in [2.05, 4.69) is 10.6 Å². The maximum Gasteiger partial charge on any atom is 0.221 e. The standard InChI is InChI=1S/C14H18FN3O2/c1-20-7-6-18-14(19)4-5-17-10-12-3-2-11(9-16)8-13(12)15/h2-3,8,17H,4-7,10H2,1H3,(H,18,19). The zero-order valence-corrected chi connectivity index (χ0v) is 11.4. The summed E-state index contributed by atoms with van der Waals surface area (Å²) < 4.78 is 18.4. The molecule has 0 aromatic heterocycles. The lowest BCUT2D eigenvalue weighted by Gasteiger charge is -2.07. The average Bonchev–Trinajstić information content (AvgIpc) is 2.45. The fraction of sp³-hybridized carbons (Fsp3) is 0.429. The molecule has 0 unspecified atom stereocenters. The van der Waals surface area contributed by atoms with E-state index in [0.717, 1.165) is 0 Å². The summed E-state index contributed by atoms with van der Waals surface area (Å²) in [6, 6.07) is 6.22. The third-order valence-corrected chi connectivity index (χ3v) is 2.65. The number of halogens is 1. The van der Waals surface area contributed by atoms with E-state index in [0.29, 0.717) is 43.8 Å². The molecule has 6 heteroatoms. The Bertz CT molecular complexity index is 486. The van der Waals surface area contributed by atoms with Crippen LogP contribution in [0.1, 0.15) is 17.5 Å². The molecule has 0 bridgehead atoms. The van der Waals surface area contributed by atoms with Gasteiger partial charge >= 0.3 is 0 Å². The van der Waals surface area contributed by atoms with Gasteiger partial charge in [-0.25, -0.2) is 4.39 Å². The van der Waals surface area contributed by atoms with Crippen molar-refractivity contribution in [2.45, 2.75) is 13.0 Å². The molecule has 1 aromatic rings. The molecule has 0 spiro atoms. The van der Waals surface area contributed by atoms with E-state index in [-0.39, 0.29) is 5.91 Å². The molecule has 20 heavy (non-hydrogen) atoms. The summed E-state index contributed by atoms with van der Waals surface area (Å²) in [7, 11) is 1.57. The zero-order chi connectivity index (χ0) is 14.8. The fourth-order valence-corrected chi connectivity index (χ4v) is 1.57. The lowest BCUT2D eigenvalue weighted by atomic mass is 10.1. The first-order valence-corrected chi connectivity index (χ1v) is 6.32. The maximum atomic E-state index is 13.5. The van der Waals surface area contributed by atoms with E-state index in [1.165, 1.54) is 6.07 Å². The molecule has 0 radical (unpaired) electrons. The number of rotatable bonds is 8. The van der Waals surface area contributed by atoms with E-state index in [9.17, 15) is 9.18 Å². The van der Waals surface area contributed by atoms with Crippen molar-refractivity contribution in [2.75, 3.05) is 26.8 Å². The third-order valence-electron chi connectivity index (χ3n) is 2.65. The molecule has 1 amide bonds. The number of methoxy groups -OCH3 is 1. The molecule has 0 saturated carbocycles. The second kappa shape index (κ2) is 9.02. The first-order valence-electron chi connectivity index (χ1n) is 6.32. The van der Waals surface area contributed by atoms with Crippen molar-refractivity contribution in [3.63, 3.8) is 0 Å². The summed E-state index contributed by atoms with van der Waals surface area (Å²) in [5.74, 6) is -0.490. The highest BCUT2D eigenvalue weighted by Gasteiger charge is 2.04. The second-order valence-electron chi connectivity index (χ2n) is 4.19. The quantitative estimate of drug-likeness (QED) is 0.695. The van der Waals surface area contributed by atoms with Crippen molar-refractivity contribution in [3.05, 3.63) is 35.1 Å². The Morgan fingerprint density at radius 1 is 1.45 bits per heavy atom. The largest absolute Gasteiger partial charge is 0.383 e. The van der Waals surface area contributed by atoms with Gasteiger partial charge in [-0.15, -0.1) is 0 Å². The highest BCUT2D eigenvalue weighted by molar-refractivity contribution is 5.76. The number of benzene rings is 1. The molecule has 1 rings (SSSR count). The summed E-state index contributed by atoms with van der Waals surface area (Å²) in [6.45, 7) is 1.75. The first kappa shape index (κ1) is 16.1. The first-order chi connectivity index (χ1) is 9.67. The molecule has 0 fully saturated rings. The van der Waals surface area contributed by atoms with Crippen LogP contribution >= 0.6 is 0 Å². The number of carbonyl (C=O) groups is 1. The normalized spacial score (nSPS) is 10.1. The number of nitrogens with zero attached hydrogens (tertiary/aromatic N) is 1. The van der Waals surface area contributed by atoms with Gasteiger partial charge in [0.1, 0.15) is 5.82 Å². The van der Waals surface area contributed by atoms with Crippen LogP contribution in [-0.2, 0) is 16.1 Å². The summed E-state index contributed by atoms with van der Waals surface area (Å²) in [5.41, 5.74) is 0.771. The van der Waals surface area contributed by atoms with Gasteiger partial charge in [0.25, 0.3) is 0 Å². The van der Waals surface area contributed by atoms with Gasteiger partial charge in [0.2, 0.25) is 5.91 Å². The van der Waals surface area contributed by atoms with Crippen LogP contribution in [0.15, 0.2) is 18.2 Å². The predicted molar refractivity (Wildman–Crippen MR) is 72.3 cm³/mol. The van der Waals surface area contributed by atoms with E-state index in [4.69, 9.17) is 10.00 Å². The minimum absolute atomic E-state index is 0.0742. The van der Waals surface area contributed by atoms with Gasteiger partial charge < -0.3 is 15.4 Å². The highest BCUT2D eigenvalue weighted by Crippen LogP contribution is 2.09. The SMILES string of the molecule is COCCNC(=O)CCNCc1ccc(C#N)cc1F. The van der Waals surface area contributed by atoms with Crippen LogP contribution in [0, 0.1) is 17.1 Å². The molecule has 108 valence electrons. The van der Waals surface area contributed by atoms with Crippen LogP contribution in [0.5, 0.6) is 0 Å². The van der Waals surface area contributed by atoms with Gasteiger partial charge in [0.05, 0.1) is 18.2 Å². The van der Waals surface area contributed by atoms with Gasteiger partial charge in [0.15, 0.2) is 0 Å². The molecule has 0 aliphatic heterocycles. The van der Waals surface area contributed by atoms with Crippen LogP contribution in [0.2, 0.25) is 0 Å². The van der Waals surface area contributed by atoms with Crippen LogP contribution in [-0.4, -0.2) is 32.7 Å². The van der Waals surface area contributed by atoms with E-state index in [1.54, 1.807) is 19.2 Å². The molecule has 2 N–H and O–H groups in total. The number of nitrogens with one attached hydrogen (secondary N) is 2. The third kappa shape index (κ3) is 5.78. The Kier molecular flexibility index (Phi) is 7.25. The Labute approximate surface area is 117 Å². The van der Waals surface area contributed by atoms with Crippen LogP contribution < -0.4 is 10.6 Å². The molecule has 0 saturated heterocycles. The molecule has 0 atom stereocenters. The Balaban J connectivity index is 2.24. The molecule has 5 nitrogen and oxygen atoms in total. The number of carbonyl (C=O) groups excluding carboxylic acids is 1. The molecule has 0 aliphatic rings. The summed E-state index contributed by atoms with van der Waals surface area (Å²) in [4.78, 5) is 11.4. The summed E-state index contributed by atoms with van der Waals surface area (Å²) in [6.07, 6.45) is 0.321. The van der Waals surface area contributed by atoms with Crippen molar-refractivity contribution in [1.29, 1.82) is 5.26 Å². The van der Waals surface area contributed by atoms with Crippen molar-refractivity contribution in [3.8, 4) is 6.07 Å². The van der Waals surface area contributed by atoms with Gasteiger partial charge in [-0.1, -0.05) is 6.07 Å². The van der Waals surface area contributed by atoms with E-state index >= 15 is 0 Å². The monoisotopic (exact) mass is 279 g/mol. The molecular formula is C14H18FN3O2. The van der Waals surface area contributed by atoms with Gasteiger partial charge in [0, 0.05) is 38.7 Å². The van der Waals surface area contributed by atoms with Crippen molar-refractivity contribution >= 4 is 5.91 Å². The molecule has 0 heterocycles. The highest BCUT2D eigenvalue weighted by atomic mass is 19.1. The fourth-order valence-electron chi connectivity index (χ4n) is 1.57. The number of hydrogen-bond acceptors (Lipinski definition) is 4. The Hall–Kier alpha value is -1.97. The number of hydrogen-bond donors (Lipinski definition) is 2. The van der Waals surface area contributed by atoms with Crippen LogP contribution in [0.4, 0.5) is 4.39 Å². The number of amides is 1. The molecule has 1 aromatic carbocycles. The van der Waals surface area contributed by atoms with E-state index in [1.807, 2.05) is 6.07 Å². The van der Waals surface area contributed by atoms with Crippen molar-refractivity contribution in [2.24, 2.45) is 0 Å². The van der Waals surface area contributed by atoms with Crippen molar-refractivity contribution in [1.82, 2.24) is 10.6 Å². The number of ether oxygens (including phenoxy) is 1. The van der Waals surface area contributed by atoms with Gasteiger partial charge in [-0.05, 0) is 12.1 Å². The second-order valence-corrected chi connectivity index (χ2v) is 4.19. The summed E-state index contributed by atoms with van der Waals surface area (Å²) >= 11 is 0. The van der Waals surface area contributed by atoms with Gasteiger partial charge in [-0.3, -0.25) is 4.79 Å². The molecule has 0 aliphatic carbocycles. The maximum absolute atomic E-state index is 13.5. The summed E-state index contributed by atoms with van der Waals surface area (Å²) in [5, 5.41) is 14.3. The smallest absolute Gasteiger partial charge is 0.221 e. The minimum atomic E-state index is -0.416. The predicted octanol–water partition coefficient (Wildman–Crippen LogP) is 0.940. The lowest BCUT2D eigenvalue weighted by molar-refractivity contribution is -0.121.